The van der Waals surface area contributed by atoms with Crippen LogP contribution in [-0.2, 0) is 11.3 Å². The molecule has 1 heterocycles. The van der Waals surface area contributed by atoms with Gasteiger partial charge in [-0.25, -0.2) is 4.79 Å². The Labute approximate surface area is 94.7 Å². The highest BCUT2D eigenvalue weighted by molar-refractivity contribution is 7.07. The highest BCUT2D eigenvalue weighted by Crippen LogP contribution is 2.12. The fraction of sp³-hybridized carbons (Fsp3) is 0.545. The molecule has 4 heteroatoms. The van der Waals surface area contributed by atoms with E-state index < -0.39 is 5.60 Å². The van der Waals surface area contributed by atoms with Crippen molar-refractivity contribution in [3.05, 3.63) is 22.4 Å². The van der Waals surface area contributed by atoms with Crippen LogP contribution in [0.3, 0.4) is 0 Å². The van der Waals surface area contributed by atoms with Gasteiger partial charge in [-0.15, -0.1) is 0 Å². The minimum Gasteiger partial charge on any atom is -0.444 e. The Balaban J connectivity index is 2.47. The van der Waals surface area contributed by atoms with Gasteiger partial charge in [-0.05, 0) is 43.2 Å². The standard InChI is InChI=1S/C11H17NO2S/c1-11(2,3)14-10(13)12(4)7-9-5-6-15-8-9/h5-6,8H,7H2,1-4H3. The Morgan fingerprint density at radius 3 is 2.67 bits per heavy atom. The molecule has 1 aromatic heterocycles. The normalized spacial score (nSPS) is 11.2. The third-order valence-corrected chi connectivity index (χ3v) is 2.44. The predicted molar refractivity (Wildman–Crippen MR) is 62.0 cm³/mol. The first-order chi connectivity index (χ1) is 6.88. The largest absolute Gasteiger partial charge is 0.444 e. The van der Waals surface area contributed by atoms with Crippen LogP contribution in [0.15, 0.2) is 16.8 Å². The number of thiophene rings is 1. The minimum atomic E-state index is -0.431. The molecule has 0 saturated heterocycles. The number of ether oxygens (including phenoxy) is 1. The van der Waals surface area contributed by atoms with Crippen LogP contribution in [-0.4, -0.2) is 23.6 Å². The molecule has 0 saturated carbocycles. The molecule has 0 atom stereocenters. The first-order valence-electron chi connectivity index (χ1n) is 4.84. The SMILES string of the molecule is CN(Cc1ccsc1)C(=O)OC(C)(C)C. The van der Waals surface area contributed by atoms with Gasteiger partial charge in [0.15, 0.2) is 0 Å². The van der Waals surface area contributed by atoms with Gasteiger partial charge < -0.3 is 9.64 Å². The second-order valence-corrected chi connectivity index (χ2v) is 5.25. The lowest BCUT2D eigenvalue weighted by atomic mass is 10.2. The van der Waals surface area contributed by atoms with Crippen molar-refractivity contribution in [2.24, 2.45) is 0 Å². The van der Waals surface area contributed by atoms with E-state index in [0.29, 0.717) is 6.54 Å². The zero-order valence-corrected chi connectivity index (χ0v) is 10.4. The molecule has 0 radical (unpaired) electrons. The summed E-state index contributed by atoms with van der Waals surface area (Å²) in [5.41, 5.74) is 0.702. The van der Waals surface area contributed by atoms with Crippen molar-refractivity contribution in [1.82, 2.24) is 4.90 Å². The number of nitrogens with zero attached hydrogens (tertiary/aromatic N) is 1. The summed E-state index contributed by atoms with van der Waals surface area (Å²) in [7, 11) is 1.74. The summed E-state index contributed by atoms with van der Waals surface area (Å²) >= 11 is 1.63. The summed E-state index contributed by atoms with van der Waals surface area (Å²) in [5.74, 6) is 0. The zero-order chi connectivity index (χ0) is 11.5. The Hall–Kier alpha value is -1.03. The second kappa shape index (κ2) is 4.66. The summed E-state index contributed by atoms with van der Waals surface area (Å²) in [6.07, 6.45) is -0.284. The number of hydrogen-bond acceptors (Lipinski definition) is 3. The lowest BCUT2D eigenvalue weighted by molar-refractivity contribution is 0.0285. The molecular weight excluding hydrogens is 210 g/mol. The summed E-state index contributed by atoms with van der Waals surface area (Å²) < 4.78 is 5.24. The van der Waals surface area contributed by atoms with Crippen LogP contribution in [0.2, 0.25) is 0 Å². The van der Waals surface area contributed by atoms with Crippen LogP contribution in [0.25, 0.3) is 0 Å². The topological polar surface area (TPSA) is 29.5 Å². The maximum atomic E-state index is 11.6. The number of amides is 1. The zero-order valence-electron chi connectivity index (χ0n) is 9.61. The van der Waals surface area contributed by atoms with E-state index in [-0.39, 0.29) is 6.09 Å². The van der Waals surface area contributed by atoms with Gasteiger partial charge in [0.2, 0.25) is 0 Å². The van der Waals surface area contributed by atoms with E-state index in [9.17, 15) is 4.79 Å². The van der Waals surface area contributed by atoms with Crippen LogP contribution >= 0.6 is 11.3 Å². The number of carbonyl (C=O) groups excluding carboxylic acids is 1. The van der Waals surface area contributed by atoms with Crippen LogP contribution in [0.1, 0.15) is 26.3 Å². The van der Waals surface area contributed by atoms with Gasteiger partial charge in [0, 0.05) is 13.6 Å². The molecule has 0 aliphatic carbocycles. The molecule has 84 valence electrons. The molecule has 0 aliphatic heterocycles. The fourth-order valence-electron chi connectivity index (χ4n) is 1.06. The maximum absolute atomic E-state index is 11.6. The van der Waals surface area contributed by atoms with Gasteiger partial charge in [-0.3, -0.25) is 0 Å². The van der Waals surface area contributed by atoms with Crippen LogP contribution in [0.5, 0.6) is 0 Å². The van der Waals surface area contributed by atoms with Crippen molar-refractivity contribution in [1.29, 1.82) is 0 Å². The van der Waals surface area contributed by atoms with Gasteiger partial charge in [-0.2, -0.15) is 11.3 Å². The summed E-state index contributed by atoms with van der Waals surface area (Å²) in [5, 5.41) is 4.03. The average Bonchev–Trinajstić information content (AvgIpc) is 2.53. The molecule has 0 spiro atoms. The van der Waals surface area contributed by atoms with Crippen molar-refractivity contribution in [2.45, 2.75) is 32.9 Å². The molecule has 15 heavy (non-hydrogen) atoms. The predicted octanol–water partition coefficient (Wildman–Crippen LogP) is 3.12. The van der Waals surface area contributed by atoms with Gasteiger partial charge in [0.05, 0.1) is 0 Å². The molecule has 0 bridgehead atoms. The molecule has 1 aromatic rings. The van der Waals surface area contributed by atoms with Crippen LogP contribution < -0.4 is 0 Å². The van der Waals surface area contributed by atoms with E-state index in [0.717, 1.165) is 5.56 Å². The molecule has 1 rings (SSSR count). The minimum absolute atomic E-state index is 0.284. The Morgan fingerprint density at radius 2 is 2.20 bits per heavy atom. The van der Waals surface area contributed by atoms with Gasteiger partial charge in [0.1, 0.15) is 5.60 Å². The Morgan fingerprint density at radius 1 is 1.53 bits per heavy atom. The van der Waals surface area contributed by atoms with Gasteiger partial charge in [0.25, 0.3) is 0 Å². The molecule has 0 N–H and O–H groups in total. The van der Waals surface area contributed by atoms with Gasteiger partial charge >= 0.3 is 6.09 Å². The van der Waals surface area contributed by atoms with E-state index in [1.165, 1.54) is 0 Å². The van der Waals surface area contributed by atoms with Crippen molar-refractivity contribution < 1.29 is 9.53 Å². The average molecular weight is 227 g/mol. The second-order valence-electron chi connectivity index (χ2n) is 4.47. The summed E-state index contributed by atoms with van der Waals surface area (Å²) in [4.78, 5) is 13.2. The highest BCUT2D eigenvalue weighted by Gasteiger charge is 2.19. The third kappa shape index (κ3) is 4.34. The quantitative estimate of drug-likeness (QED) is 0.777. The lowest BCUT2D eigenvalue weighted by Gasteiger charge is -2.24. The van der Waals surface area contributed by atoms with E-state index >= 15 is 0 Å². The highest BCUT2D eigenvalue weighted by atomic mass is 32.1. The first-order valence-corrected chi connectivity index (χ1v) is 5.78. The fourth-order valence-corrected chi connectivity index (χ4v) is 1.72. The van der Waals surface area contributed by atoms with Gasteiger partial charge in [-0.1, -0.05) is 0 Å². The van der Waals surface area contributed by atoms with E-state index in [2.05, 4.69) is 0 Å². The third-order valence-electron chi connectivity index (χ3n) is 1.71. The molecule has 3 nitrogen and oxygen atoms in total. The summed E-state index contributed by atoms with van der Waals surface area (Å²) in [6, 6.07) is 2.01. The Bertz CT molecular complexity index is 314. The number of hydrogen-bond donors (Lipinski definition) is 0. The molecule has 1 amide bonds. The number of carbonyl (C=O) groups is 1. The van der Waals surface area contributed by atoms with Crippen LogP contribution in [0.4, 0.5) is 4.79 Å². The lowest BCUT2D eigenvalue weighted by Crippen LogP contribution is -2.33. The van der Waals surface area contributed by atoms with E-state index in [1.807, 2.05) is 37.6 Å². The Kier molecular flexibility index (Phi) is 3.74. The van der Waals surface area contributed by atoms with Crippen molar-refractivity contribution in [3.63, 3.8) is 0 Å². The van der Waals surface area contributed by atoms with E-state index in [1.54, 1.807) is 23.3 Å². The smallest absolute Gasteiger partial charge is 0.410 e. The monoisotopic (exact) mass is 227 g/mol. The molecule has 0 aromatic carbocycles. The van der Waals surface area contributed by atoms with Crippen molar-refractivity contribution >= 4 is 17.4 Å². The van der Waals surface area contributed by atoms with Crippen LogP contribution in [0, 0.1) is 0 Å². The van der Waals surface area contributed by atoms with Crippen molar-refractivity contribution in [2.75, 3.05) is 7.05 Å². The molecule has 0 unspecified atom stereocenters. The van der Waals surface area contributed by atoms with E-state index in [4.69, 9.17) is 4.74 Å². The first kappa shape index (κ1) is 12.0. The number of rotatable bonds is 2. The molecule has 0 aliphatic rings. The summed E-state index contributed by atoms with van der Waals surface area (Å²) in [6.45, 7) is 6.19. The molecule has 0 fully saturated rings. The van der Waals surface area contributed by atoms with Crippen molar-refractivity contribution in [3.8, 4) is 0 Å². The molecular formula is C11H17NO2S. The maximum Gasteiger partial charge on any atom is 0.410 e.